The quantitative estimate of drug-likeness (QED) is 0.555. The van der Waals surface area contributed by atoms with E-state index in [0.29, 0.717) is 17.4 Å². The molecule has 2 N–H and O–H groups in total. The van der Waals surface area contributed by atoms with E-state index in [4.69, 9.17) is 4.74 Å². The van der Waals surface area contributed by atoms with Crippen molar-refractivity contribution in [3.8, 4) is 5.75 Å². The van der Waals surface area contributed by atoms with Crippen LogP contribution in [0.1, 0.15) is 0 Å². The van der Waals surface area contributed by atoms with Gasteiger partial charge in [0.1, 0.15) is 11.6 Å². The average Bonchev–Trinajstić information content (AvgIpc) is 2.69. The van der Waals surface area contributed by atoms with Crippen LogP contribution in [-0.4, -0.2) is 22.1 Å². The molecule has 0 radical (unpaired) electrons. The Labute approximate surface area is 150 Å². The normalized spacial score (nSPS) is 10.5. The molecule has 2 heterocycles. The molecule has 2 aromatic carbocycles. The van der Waals surface area contributed by atoms with E-state index in [-0.39, 0.29) is 0 Å². The van der Waals surface area contributed by atoms with E-state index < -0.39 is 0 Å². The van der Waals surface area contributed by atoms with Crippen LogP contribution in [0.4, 0.5) is 23.1 Å². The number of nitrogens with zero attached hydrogens (tertiary/aromatic N) is 3. The van der Waals surface area contributed by atoms with Gasteiger partial charge < -0.3 is 15.4 Å². The van der Waals surface area contributed by atoms with Crippen molar-refractivity contribution in [1.82, 2.24) is 15.0 Å². The highest BCUT2D eigenvalue weighted by Gasteiger charge is 2.09. The van der Waals surface area contributed by atoms with Gasteiger partial charge in [0, 0.05) is 17.6 Å². The topological polar surface area (TPSA) is 72.0 Å². The predicted molar refractivity (Wildman–Crippen MR) is 103 cm³/mol. The Hall–Kier alpha value is -3.67. The van der Waals surface area contributed by atoms with E-state index in [1.54, 1.807) is 13.3 Å². The van der Waals surface area contributed by atoms with Gasteiger partial charge in [-0.15, -0.1) is 0 Å². The Morgan fingerprint density at radius 1 is 0.769 bits per heavy atom. The molecule has 0 saturated carbocycles. The minimum Gasteiger partial charge on any atom is -0.497 e. The number of ether oxygens (including phenoxy) is 1. The third kappa shape index (κ3) is 3.39. The van der Waals surface area contributed by atoms with E-state index in [2.05, 4.69) is 25.6 Å². The molecule has 2 aromatic heterocycles. The van der Waals surface area contributed by atoms with Gasteiger partial charge in [-0.05, 0) is 48.5 Å². The van der Waals surface area contributed by atoms with Crippen LogP contribution in [0, 0.1) is 0 Å². The number of hydrogen-bond acceptors (Lipinski definition) is 6. The lowest BCUT2D eigenvalue weighted by atomic mass is 10.3. The van der Waals surface area contributed by atoms with E-state index in [9.17, 15) is 0 Å². The molecule has 4 rings (SSSR count). The molecular formula is C20H17N5O. The number of aromatic nitrogens is 3. The standard InChI is InChI=1S/C20H17N5O/c1-26-16-11-9-15(10-12-16)23-20-24-18-17(8-5-13-21-18)19(25-20)22-14-6-3-2-4-7-14/h2-13H,1H3,(H2,21,22,23,24,25). The molecule has 0 amide bonds. The van der Waals surface area contributed by atoms with Crippen LogP contribution in [0.25, 0.3) is 11.0 Å². The third-order valence-electron chi connectivity index (χ3n) is 3.85. The number of benzene rings is 2. The summed E-state index contributed by atoms with van der Waals surface area (Å²) in [4.78, 5) is 13.5. The van der Waals surface area contributed by atoms with Crippen LogP contribution >= 0.6 is 0 Å². The molecule has 4 aromatic rings. The Morgan fingerprint density at radius 2 is 1.54 bits per heavy atom. The summed E-state index contributed by atoms with van der Waals surface area (Å²) in [7, 11) is 1.64. The zero-order valence-electron chi connectivity index (χ0n) is 14.2. The van der Waals surface area contributed by atoms with Gasteiger partial charge in [0.25, 0.3) is 0 Å². The van der Waals surface area contributed by atoms with Crippen LogP contribution in [-0.2, 0) is 0 Å². The molecule has 128 valence electrons. The molecule has 0 fully saturated rings. The predicted octanol–water partition coefficient (Wildman–Crippen LogP) is 4.52. The lowest BCUT2D eigenvalue weighted by molar-refractivity contribution is 0.415. The second-order valence-electron chi connectivity index (χ2n) is 5.61. The van der Waals surface area contributed by atoms with Gasteiger partial charge in [0.2, 0.25) is 5.95 Å². The average molecular weight is 343 g/mol. The summed E-state index contributed by atoms with van der Waals surface area (Å²) >= 11 is 0. The van der Waals surface area contributed by atoms with Crippen molar-refractivity contribution in [2.45, 2.75) is 0 Å². The molecule has 0 bridgehead atoms. The van der Waals surface area contributed by atoms with Gasteiger partial charge in [0.15, 0.2) is 5.65 Å². The van der Waals surface area contributed by atoms with Crippen LogP contribution in [0.3, 0.4) is 0 Å². The minimum absolute atomic E-state index is 0.472. The van der Waals surface area contributed by atoms with Gasteiger partial charge in [-0.1, -0.05) is 18.2 Å². The van der Waals surface area contributed by atoms with E-state index in [1.807, 2.05) is 66.7 Å². The summed E-state index contributed by atoms with van der Waals surface area (Å²) in [6.45, 7) is 0. The molecule has 26 heavy (non-hydrogen) atoms. The van der Waals surface area contributed by atoms with Crippen LogP contribution in [0.5, 0.6) is 5.75 Å². The number of hydrogen-bond donors (Lipinski definition) is 2. The monoisotopic (exact) mass is 343 g/mol. The first-order valence-corrected chi connectivity index (χ1v) is 8.18. The molecule has 0 unspecified atom stereocenters. The second kappa shape index (κ2) is 7.06. The fraction of sp³-hybridized carbons (Fsp3) is 0.0500. The molecule has 6 nitrogen and oxygen atoms in total. The molecule has 0 spiro atoms. The number of methoxy groups -OCH3 is 1. The van der Waals surface area contributed by atoms with E-state index in [0.717, 1.165) is 22.5 Å². The number of anilines is 4. The molecule has 0 aliphatic rings. The van der Waals surface area contributed by atoms with Crippen molar-refractivity contribution >= 4 is 34.2 Å². The van der Waals surface area contributed by atoms with Gasteiger partial charge in [0.05, 0.1) is 12.5 Å². The largest absolute Gasteiger partial charge is 0.497 e. The van der Waals surface area contributed by atoms with Crippen molar-refractivity contribution in [2.75, 3.05) is 17.7 Å². The number of fused-ring (bicyclic) bond motifs is 1. The number of rotatable bonds is 5. The van der Waals surface area contributed by atoms with Crippen molar-refractivity contribution in [1.29, 1.82) is 0 Å². The summed E-state index contributed by atoms with van der Waals surface area (Å²) in [5.74, 6) is 1.97. The van der Waals surface area contributed by atoms with Crippen LogP contribution < -0.4 is 15.4 Å². The second-order valence-corrected chi connectivity index (χ2v) is 5.61. The number of pyridine rings is 1. The maximum absolute atomic E-state index is 5.18. The smallest absolute Gasteiger partial charge is 0.231 e. The van der Waals surface area contributed by atoms with Crippen molar-refractivity contribution in [3.63, 3.8) is 0 Å². The summed E-state index contributed by atoms with van der Waals surface area (Å²) in [6, 6.07) is 21.3. The summed E-state index contributed by atoms with van der Waals surface area (Å²) in [6.07, 6.45) is 1.72. The van der Waals surface area contributed by atoms with Crippen LogP contribution in [0.15, 0.2) is 72.9 Å². The fourth-order valence-electron chi connectivity index (χ4n) is 2.58. The van der Waals surface area contributed by atoms with Gasteiger partial charge in [-0.2, -0.15) is 9.97 Å². The first-order chi connectivity index (χ1) is 12.8. The van der Waals surface area contributed by atoms with E-state index >= 15 is 0 Å². The third-order valence-corrected chi connectivity index (χ3v) is 3.85. The van der Waals surface area contributed by atoms with Crippen LogP contribution in [0.2, 0.25) is 0 Å². The highest BCUT2D eigenvalue weighted by atomic mass is 16.5. The summed E-state index contributed by atoms with van der Waals surface area (Å²) < 4.78 is 5.18. The number of nitrogens with one attached hydrogen (secondary N) is 2. The SMILES string of the molecule is COc1ccc(Nc2nc(Nc3ccccc3)c3cccnc3n2)cc1. The lowest BCUT2D eigenvalue weighted by Crippen LogP contribution is -2.03. The summed E-state index contributed by atoms with van der Waals surface area (Å²) in [5, 5.41) is 7.41. The highest BCUT2D eigenvalue weighted by molar-refractivity contribution is 5.89. The zero-order valence-corrected chi connectivity index (χ0v) is 14.2. The molecule has 0 aliphatic heterocycles. The Bertz CT molecular complexity index is 1020. The van der Waals surface area contributed by atoms with Gasteiger partial charge in [-0.25, -0.2) is 4.98 Å². The molecule has 0 aliphatic carbocycles. The molecule has 0 atom stereocenters. The minimum atomic E-state index is 0.472. The number of para-hydroxylation sites is 1. The Kier molecular flexibility index (Phi) is 4.30. The Balaban J connectivity index is 1.70. The Morgan fingerprint density at radius 3 is 2.31 bits per heavy atom. The van der Waals surface area contributed by atoms with Crippen molar-refractivity contribution < 1.29 is 4.74 Å². The molecule has 6 heteroatoms. The lowest BCUT2D eigenvalue weighted by Gasteiger charge is -2.11. The fourth-order valence-corrected chi connectivity index (χ4v) is 2.58. The van der Waals surface area contributed by atoms with Crippen molar-refractivity contribution in [2.24, 2.45) is 0 Å². The van der Waals surface area contributed by atoms with Gasteiger partial charge in [-0.3, -0.25) is 0 Å². The maximum atomic E-state index is 5.18. The first-order valence-electron chi connectivity index (χ1n) is 8.18. The molecule has 0 saturated heterocycles. The van der Waals surface area contributed by atoms with Gasteiger partial charge >= 0.3 is 0 Å². The summed E-state index contributed by atoms with van der Waals surface area (Å²) in [5.41, 5.74) is 2.44. The maximum Gasteiger partial charge on any atom is 0.231 e. The highest BCUT2D eigenvalue weighted by Crippen LogP contribution is 2.25. The first kappa shape index (κ1) is 15.8. The van der Waals surface area contributed by atoms with E-state index in [1.165, 1.54) is 0 Å². The molecular weight excluding hydrogens is 326 g/mol. The van der Waals surface area contributed by atoms with Crippen molar-refractivity contribution in [3.05, 3.63) is 72.9 Å². The zero-order chi connectivity index (χ0) is 17.8.